The van der Waals surface area contributed by atoms with Gasteiger partial charge in [-0.05, 0) is 56.9 Å². The Balaban J connectivity index is 2.07. The number of aromatic nitrogens is 1. The molecular formula is C17H21FN2O. The molecule has 0 aliphatic heterocycles. The summed E-state index contributed by atoms with van der Waals surface area (Å²) in [5.41, 5.74) is 10.5. The van der Waals surface area contributed by atoms with Crippen molar-refractivity contribution in [2.75, 3.05) is 6.61 Å². The Kier molecular flexibility index (Phi) is 3.72. The Morgan fingerprint density at radius 3 is 2.90 bits per heavy atom. The van der Waals surface area contributed by atoms with E-state index in [0.29, 0.717) is 12.4 Å². The second-order valence-corrected chi connectivity index (χ2v) is 5.57. The molecule has 0 saturated heterocycles. The standard InChI is InChI=1S/C17H21FN2O/c1-3-21-17-8-7-12(10-14(17)18)20-11(2)9-13-15(19)5-4-6-16(13)20/h7-10,15H,3-6,19H2,1-2H3. The number of benzene rings is 1. The number of hydrogen-bond acceptors (Lipinski definition) is 2. The summed E-state index contributed by atoms with van der Waals surface area (Å²) in [5.74, 6) is -0.0204. The van der Waals surface area contributed by atoms with Crippen molar-refractivity contribution in [2.45, 2.75) is 39.2 Å². The van der Waals surface area contributed by atoms with Crippen molar-refractivity contribution in [1.82, 2.24) is 4.57 Å². The molecule has 4 heteroatoms. The summed E-state index contributed by atoms with van der Waals surface area (Å²) >= 11 is 0. The minimum absolute atomic E-state index is 0.0984. The highest BCUT2D eigenvalue weighted by Gasteiger charge is 2.23. The third-order valence-electron chi connectivity index (χ3n) is 4.12. The van der Waals surface area contributed by atoms with Gasteiger partial charge in [0.1, 0.15) is 0 Å². The normalized spacial score (nSPS) is 17.6. The lowest BCUT2D eigenvalue weighted by Gasteiger charge is -2.21. The molecule has 21 heavy (non-hydrogen) atoms. The zero-order valence-corrected chi connectivity index (χ0v) is 12.5. The second-order valence-electron chi connectivity index (χ2n) is 5.57. The molecular weight excluding hydrogens is 267 g/mol. The van der Waals surface area contributed by atoms with Crippen LogP contribution in [0, 0.1) is 12.7 Å². The SMILES string of the molecule is CCOc1ccc(-n2c(C)cc3c2CCCC3N)cc1F. The molecule has 1 aromatic carbocycles. The summed E-state index contributed by atoms with van der Waals surface area (Å²) in [6.45, 7) is 4.35. The average Bonchev–Trinajstić information content (AvgIpc) is 2.79. The number of halogens is 1. The summed E-state index contributed by atoms with van der Waals surface area (Å²) in [6, 6.07) is 7.37. The van der Waals surface area contributed by atoms with Crippen molar-refractivity contribution < 1.29 is 9.13 Å². The molecule has 0 spiro atoms. The molecule has 3 nitrogen and oxygen atoms in total. The fourth-order valence-electron chi connectivity index (χ4n) is 3.20. The van der Waals surface area contributed by atoms with Gasteiger partial charge in [0.15, 0.2) is 11.6 Å². The highest BCUT2D eigenvalue weighted by atomic mass is 19.1. The van der Waals surface area contributed by atoms with Crippen LogP contribution in [-0.2, 0) is 6.42 Å². The van der Waals surface area contributed by atoms with Gasteiger partial charge < -0.3 is 15.0 Å². The Morgan fingerprint density at radius 1 is 1.38 bits per heavy atom. The zero-order chi connectivity index (χ0) is 15.0. The van der Waals surface area contributed by atoms with Crippen LogP contribution >= 0.6 is 0 Å². The van der Waals surface area contributed by atoms with E-state index in [0.717, 1.165) is 30.6 Å². The third-order valence-corrected chi connectivity index (χ3v) is 4.12. The van der Waals surface area contributed by atoms with Crippen LogP contribution in [0.3, 0.4) is 0 Å². The quantitative estimate of drug-likeness (QED) is 0.936. The zero-order valence-electron chi connectivity index (χ0n) is 12.5. The van der Waals surface area contributed by atoms with Crippen LogP contribution < -0.4 is 10.5 Å². The molecule has 0 amide bonds. The van der Waals surface area contributed by atoms with Crippen LogP contribution in [0.1, 0.15) is 42.8 Å². The number of aryl methyl sites for hydroxylation is 1. The molecule has 0 fully saturated rings. The van der Waals surface area contributed by atoms with Gasteiger partial charge in [0.25, 0.3) is 0 Å². The van der Waals surface area contributed by atoms with Gasteiger partial charge >= 0.3 is 0 Å². The van der Waals surface area contributed by atoms with Gasteiger partial charge in [-0.3, -0.25) is 0 Å². The first kappa shape index (κ1) is 14.1. The Morgan fingerprint density at radius 2 is 2.19 bits per heavy atom. The van der Waals surface area contributed by atoms with E-state index in [1.165, 1.54) is 11.3 Å². The Labute approximate surface area is 124 Å². The highest BCUT2D eigenvalue weighted by Crippen LogP contribution is 2.33. The molecule has 1 unspecified atom stereocenters. The van der Waals surface area contributed by atoms with Crippen LogP contribution in [0.2, 0.25) is 0 Å². The largest absolute Gasteiger partial charge is 0.491 e. The number of fused-ring (bicyclic) bond motifs is 1. The van der Waals surface area contributed by atoms with Crippen molar-refractivity contribution in [2.24, 2.45) is 5.73 Å². The van der Waals surface area contributed by atoms with E-state index in [1.807, 2.05) is 19.9 Å². The van der Waals surface area contributed by atoms with Crippen LogP contribution in [-0.4, -0.2) is 11.2 Å². The summed E-state index contributed by atoms with van der Waals surface area (Å²) in [5, 5.41) is 0. The lowest BCUT2D eigenvalue weighted by atomic mass is 9.93. The smallest absolute Gasteiger partial charge is 0.167 e. The number of nitrogens with zero attached hydrogens (tertiary/aromatic N) is 1. The number of hydrogen-bond donors (Lipinski definition) is 1. The van der Waals surface area contributed by atoms with E-state index >= 15 is 0 Å². The molecule has 112 valence electrons. The van der Waals surface area contributed by atoms with E-state index < -0.39 is 0 Å². The van der Waals surface area contributed by atoms with Gasteiger partial charge in [0.2, 0.25) is 0 Å². The molecule has 2 N–H and O–H groups in total. The van der Waals surface area contributed by atoms with E-state index in [2.05, 4.69) is 10.6 Å². The topological polar surface area (TPSA) is 40.2 Å². The summed E-state index contributed by atoms with van der Waals surface area (Å²) in [7, 11) is 0. The first-order valence-electron chi connectivity index (χ1n) is 7.51. The maximum atomic E-state index is 14.1. The van der Waals surface area contributed by atoms with Gasteiger partial charge in [0, 0.05) is 29.2 Å². The molecule has 1 heterocycles. The molecule has 1 aliphatic rings. The molecule has 2 aromatic rings. The Bertz CT molecular complexity index is 663. The van der Waals surface area contributed by atoms with E-state index in [1.54, 1.807) is 12.1 Å². The lowest BCUT2D eigenvalue weighted by molar-refractivity contribution is 0.321. The van der Waals surface area contributed by atoms with Crippen molar-refractivity contribution in [3.8, 4) is 11.4 Å². The first-order valence-corrected chi connectivity index (χ1v) is 7.51. The first-order chi connectivity index (χ1) is 10.1. The molecule has 3 rings (SSSR count). The molecule has 1 atom stereocenters. The average molecular weight is 288 g/mol. The molecule has 0 radical (unpaired) electrons. The summed E-state index contributed by atoms with van der Waals surface area (Å²) < 4.78 is 21.5. The maximum Gasteiger partial charge on any atom is 0.167 e. The minimum Gasteiger partial charge on any atom is -0.491 e. The monoisotopic (exact) mass is 288 g/mol. The van der Waals surface area contributed by atoms with Crippen molar-refractivity contribution >= 4 is 0 Å². The fraction of sp³-hybridized carbons (Fsp3) is 0.412. The third kappa shape index (κ3) is 2.44. The van der Waals surface area contributed by atoms with Gasteiger partial charge in [-0.25, -0.2) is 4.39 Å². The molecule has 1 aliphatic carbocycles. The predicted octanol–water partition coefficient (Wildman–Crippen LogP) is 3.66. The molecule has 1 aromatic heterocycles. The van der Waals surface area contributed by atoms with E-state index in [-0.39, 0.29) is 11.9 Å². The van der Waals surface area contributed by atoms with E-state index in [9.17, 15) is 4.39 Å². The van der Waals surface area contributed by atoms with Crippen LogP contribution in [0.15, 0.2) is 24.3 Å². The van der Waals surface area contributed by atoms with Crippen molar-refractivity contribution in [1.29, 1.82) is 0 Å². The Hall–Kier alpha value is -1.81. The molecule has 0 saturated carbocycles. The van der Waals surface area contributed by atoms with Gasteiger partial charge in [-0.15, -0.1) is 0 Å². The van der Waals surface area contributed by atoms with E-state index in [4.69, 9.17) is 10.5 Å². The van der Waals surface area contributed by atoms with Crippen molar-refractivity contribution in [3.63, 3.8) is 0 Å². The van der Waals surface area contributed by atoms with Gasteiger partial charge in [-0.2, -0.15) is 0 Å². The number of ether oxygens (including phenoxy) is 1. The lowest BCUT2D eigenvalue weighted by Crippen LogP contribution is -2.18. The van der Waals surface area contributed by atoms with Crippen LogP contribution in [0.4, 0.5) is 4.39 Å². The van der Waals surface area contributed by atoms with Crippen molar-refractivity contribution in [3.05, 3.63) is 47.0 Å². The van der Waals surface area contributed by atoms with Gasteiger partial charge in [-0.1, -0.05) is 0 Å². The maximum absolute atomic E-state index is 14.1. The molecule has 0 bridgehead atoms. The van der Waals surface area contributed by atoms with Crippen LogP contribution in [0.5, 0.6) is 5.75 Å². The predicted molar refractivity (Wildman–Crippen MR) is 81.5 cm³/mol. The minimum atomic E-state index is -0.323. The second kappa shape index (κ2) is 5.53. The number of rotatable bonds is 3. The van der Waals surface area contributed by atoms with Gasteiger partial charge in [0.05, 0.1) is 6.61 Å². The van der Waals surface area contributed by atoms with Crippen LogP contribution in [0.25, 0.3) is 5.69 Å². The number of nitrogens with two attached hydrogens (primary N) is 1. The summed E-state index contributed by atoms with van der Waals surface area (Å²) in [6.07, 6.45) is 3.09. The highest BCUT2D eigenvalue weighted by molar-refractivity contribution is 5.46. The fourth-order valence-corrected chi connectivity index (χ4v) is 3.20. The summed E-state index contributed by atoms with van der Waals surface area (Å²) in [4.78, 5) is 0.